The monoisotopic (exact) mass is 180 g/mol. The van der Waals surface area contributed by atoms with Gasteiger partial charge in [0.2, 0.25) is 0 Å². The molecule has 0 heterocycles. The standard InChI is InChI=1S/C10H12O3/c1-12-9-4-3-8(5-6-11)10(7-9)13-2/h3-4,6-7H,5H2,1-2H3. The quantitative estimate of drug-likeness (QED) is 0.658. The van der Waals surface area contributed by atoms with Crippen LogP contribution in [0.15, 0.2) is 18.2 Å². The van der Waals surface area contributed by atoms with E-state index in [1.165, 1.54) is 0 Å². The van der Waals surface area contributed by atoms with Crippen molar-refractivity contribution in [2.75, 3.05) is 14.2 Å². The van der Waals surface area contributed by atoms with Crippen molar-refractivity contribution in [2.24, 2.45) is 0 Å². The van der Waals surface area contributed by atoms with E-state index in [1.54, 1.807) is 26.4 Å². The van der Waals surface area contributed by atoms with E-state index in [9.17, 15) is 4.79 Å². The molecule has 0 atom stereocenters. The summed E-state index contributed by atoms with van der Waals surface area (Å²) in [6.45, 7) is 0. The summed E-state index contributed by atoms with van der Waals surface area (Å²) in [5.41, 5.74) is 0.873. The van der Waals surface area contributed by atoms with Crippen LogP contribution in [0.25, 0.3) is 0 Å². The molecule has 3 heteroatoms. The minimum Gasteiger partial charge on any atom is -0.497 e. The summed E-state index contributed by atoms with van der Waals surface area (Å²) >= 11 is 0. The molecule has 0 aliphatic heterocycles. The first-order valence-corrected chi connectivity index (χ1v) is 3.96. The number of carbonyl (C=O) groups excluding carboxylic acids is 1. The van der Waals surface area contributed by atoms with Crippen LogP contribution in [0.1, 0.15) is 5.56 Å². The Labute approximate surface area is 77.3 Å². The molecule has 0 radical (unpaired) electrons. The summed E-state index contributed by atoms with van der Waals surface area (Å²) in [6.07, 6.45) is 1.22. The second-order valence-electron chi connectivity index (χ2n) is 2.55. The predicted molar refractivity (Wildman–Crippen MR) is 49.3 cm³/mol. The molecule has 0 saturated carbocycles. The molecule has 0 spiro atoms. The molecule has 0 saturated heterocycles. The third kappa shape index (κ3) is 2.21. The maximum absolute atomic E-state index is 10.3. The largest absolute Gasteiger partial charge is 0.497 e. The van der Waals surface area contributed by atoms with Crippen LogP contribution in [0.4, 0.5) is 0 Å². The van der Waals surface area contributed by atoms with Crippen molar-refractivity contribution >= 4 is 6.29 Å². The van der Waals surface area contributed by atoms with Gasteiger partial charge in [0, 0.05) is 18.1 Å². The molecular formula is C10H12O3. The topological polar surface area (TPSA) is 35.5 Å². The highest BCUT2D eigenvalue weighted by Gasteiger charge is 2.03. The highest BCUT2D eigenvalue weighted by molar-refractivity contribution is 5.58. The molecule has 0 fully saturated rings. The number of methoxy groups -OCH3 is 2. The van der Waals surface area contributed by atoms with Gasteiger partial charge in [-0.05, 0) is 6.07 Å². The van der Waals surface area contributed by atoms with Crippen LogP contribution < -0.4 is 9.47 Å². The fourth-order valence-electron chi connectivity index (χ4n) is 1.11. The molecule has 3 nitrogen and oxygen atoms in total. The number of rotatable bonds is 4. The van der Waals surface area contributed by atoms with Gasteiger partial charge in [-0.1, -0.05) is 6.07 Å². The summed E-state index contributed by atoms with van der Waals surface area (Å²) in [7, 11) is 3.16. The number of ether oxygens (including phenoxy) is 2. The van der Waals surface area contributed by atoms with Gasteiger partial charge in [0.15, 0.2) is 0 Å². The number of hydrogen-bond donors (Lipinski definition) is 0. The molecule has 0 amide bonds. The van der Waals surface area contributed by atoms with Crippen LogP contribution >= 0.6 is 0 Å². The number of carbonyl (C=O) groups is 1. The van der Waals surface area contributed by atoms with Crippen molar-refractivity contribution in [2.45, 2.75) is 6.42 Å². The van der Waals surface area contributed by atoms with Crippen LogP contribution in [-0.4, -0.2) is 20.5 Å². The SMILES string of the molecule is COc1ccc(CC=O)c(OC)c1. The maximum Gasteiger partial charge on any atom is 0.126 e. The van der Waals surface area contributed by atoms with Gasteiger partial charge in [0.05, 0.1) is 14.2 Å². The van der Waals surface area contributed by atoms with Gasteiger partial charge in [-0.3, -0.25) is 0 Å². The van der Waals surface area contributed by atoms with E-state index in [0.29, 0.717) is 12.2 Å². The van der Waals surface area contributed by atoms with E-state index < -0.39 is 0 Å². The molecule has 0 aliphatic rings. The predicted octanol–water partition coefficient (Wildman–Crippen LogP) is 1.45. The first-order chi connectivity index (χ1) is 6.31. The minimum absolute atomic E-state index is 0.368. The van der Waals surface area contributed by atoms with Crippen LogP contribution in [0.5, 0.6) is 11.5 Å². The van der Waals surface area contributed by atoms with E-state index in [1.807, 2.05) is 6.07 Å². The lowest BCUT2D eigenvalue weighted by Gasteiger charge is -2.07. The highest BCUT2D eigenvalue weighted by Crippen LogP contribution is 2.24. The summed E-state index contributed by atoms with van der Waals surface area (Å²) in [5, 5.41) is 0. The van der Waals surface area contributed by atoms with Crippen LogP contribution in [0, 0.1) is 0 Å². The Morgan fingerprint density at radius 1 is 1.31 bits per heavy atom. The van der Waals surface area contributed by atoms with Crippen molar-refractivity contribution < 1.29 is 14.3 Å². The summed E-state index contributed by atoms with van der Waals surface area (Å²) in [4.78, 5) is 10.3. The van der Waals surface area contributed by atoms with Crippen LogP contribution in [0.3, 0.4) is 0 Å². The van der Waals surface area contributed by atoms with Gasteiger partial charge >= 0.3 is 0 Å². The van der Waals surface area contributed by atoms with E-state index in [-0.39, 0.29) is 0 Å². The Bertz CT molecular complexity index is 294. The zero-order valence-electron chi connectivity index (χ0n) is 7.74. The summed E-state index contributed by atoms with van der Waals surface area (Å²) < 4.78 is 10.1. The van der Waals surface area contributed by atoms with Gasteiger partial charge in [0.1, 0.15) is 17.8 Å². The van der Waals surface area contributed by atoms with Crippen molar-refractivity contribution in [3.8, 4) is 11.5 Å². The maximum atomic E-state index is 10.3. The Morgan fingerprint density at radius 3 is 2.62 bits per heavy atom. The Hall–Kier alpha value is -1.51. The summed E-state index contributed by atoms with van der Waals surface area (Å²) in [5.74, 6) is 1.41. The molecule has 0 aromatic heterocycles. The zero-order valence-corrected chi connectivity index (χ0v) is 7.74. The molecular weight excluding hydrogens is 168 g/mol. The fourth-order valence-corrected chi connectivity index (χ4v) is 1.11. The molecule has 0 N–H and O–H groups in total. The second-order valence-corrected chi connectivity index (χ2v) is 2.55. The van der Waals surface area contributed by atoms with Gasteiger partial charge in [-0.25, -0.2) is 0 Å². The number of benzene rings is 1. The minimum atomic E-state index is 0.368. The van der Waals surface area contributed by atoms with Crippen molar-refractivity contribution in [1.29, 1.82) is 0 Å². The molecule has 1 aromatic carbocycles. The molecule has 1 rings (SSSR count). The Morgan fingerprint density at radius 2 is 2.08 bits per heavy atom. The zero-order chi connectivity index (χ0) is 9.68. The smallest absolute Gasteiger partial charge is 0.126 e. The van der Waals surface area contributed by atoms with Crippen molar-refractivity contribution in [1.82, 2.24) is 0 Å². The molecule has 0 unspecified atom stereocenters. The van der Waals surface area contributed by atoms with E-state index in [4.69, 9.17) is 9.47 Å². The molecule has 70 valence electrons. The molecule has 1 aromatic rings. The van der Waals surface area contributed by atoms with Crippen LogP contribution in [0.2, 0.25) is 0 Å². The average molecular weight is 180 g/mol. The Kier molecular flexibility index (Phi) is 3.31. The van der Waals surface area contributed by atoms with Crippen molar-refractivity contribution in [3.05, 3.63) is 23.8 Å². The van der Waals surface area contributed by atoms with E-state index >= 15 is 0 Å². The van der Waals surface area contributed by atoms with Crippen LogP contribution in [-0.2, 0) is 11.2 Å². The first-order valence-electron chi connectivity index (χ1n) is 3.96. The van der Waals surface area contributed by atoms with Crippen molar-refractivity contribution in [3.63, 3.8) is 0 Å². The molecule has 13 heavy (non-hydrogen) atoms. The van der Waals surface area contributed by atoms with Gasteiger partial charge in [0.25, 0.3) is 0 Å². The first kappa shape index (κ1) is 9.58. The lowest BCUT2D eigenvalue weighted by atomic mass is 10.1. The van der Waals surface area contributed by atoms with E-state index in [2.05, 4.69) is 0 Å². The van der Waals surface area contributed by atoms with Gasteiger partial charge in [-0.15, -0.1) is 0 Å². The Balaban J connectivity index is 3.00. The van der Waals surface area contributed by atoms with Gasteiger partial charge in [-0.2, -0.15) is 0 Å². The third-order valence-electron chi connectivity index (χ3n) is 1.80. The molecule has 0 bridgehead atoms. The third-order valence-corrected chi connectivity index (χ3v) is 1.80. The number of aldehydes is 1. The van der Waals surface area contributed by atoms with E-state index in [0.717, 1.165) is 17.6 Å². The lowest BCUT2D eigenvalue weighted by molar-refractivity contribution is -0.107. The number of hydrogen-bond acceptors (Lipinski definition) is 3. The highest BCUT2D eigenvalue weighted by atomic mass is 16.5. The lowest BCUT2D eigenvalue weighted by Crippen LogP contribution is -1.94. The molecule has 0 aliphatic carbocycles. The second kappa shape index (κ2) is 4.50. The van der Waals surface area contributed by atoms with Gasteiger partial charge < -0.3 is 14.3 Å². The summed E-state index contributed by atoms with van der Waals surface area (Å²) in [6, 6.07) is 5.40. The normalized spacial score (nSPS) is 9.38. The average Bonchev–Trinajstić information content (AvgIpc) is 2.19. The fraction of sp³-hybridized carbons (Fsp3) is 0.300.